The van der Waals surface area contributed by atoms with Gasteiger partial charge >= 0.3 is 17.9 Å². The fourth-order valence-corrected chi connectivity index (χ4v) is 11.3. The molecule has 0 saturated carbocycles. The van der Waals surface area contributed by atoms with Gasteiger partial charge in [-0.1, -0.05) is 372 Å². The van der Waals surface area contributed by atoms with Gasteiger partial charge in [0.2, 0.25) is 0 Å². The zero-order valence-corrected chi connectivity index (χ0v) is 55.5. The van der Waals surface area contributed by atoms with Crippen molar-refractivity contribution in [3.8, 4) is 0 Å². The zero-order chi connectivity index (χ0) is 59.2. The Morgan fingerprint density at radius 1 is 0.244 bits per heavy atom. The minimum atomic E-state index is -0.778. The summed E-state index contributed by atoms with van der Waals surface area (Å²) in [7, 11) is 0. The average molecular weight is 1150 g/mol. The van der Waals surface area contributed by atoms with E-state index in [1.807, 2.05) is 0 Å². The van der Waals surface area contributed by atoms with E-state index in [0.29, 0.717) is 19.3 Å². The van der Waals surface area contributed by atoms with Gasteiger partial charge in [-0.2, -0.15) is 0 Å². The fraction of sp³-hybridized carbons (Fsp3) is 0.882. The van der Waals surface area contributed by atoms with Gasteiger partial charge in [0, 0.05) is 19.3 Å². The van der Waals surface area contributed by atoms with E-state index in [0.717, 1.165) is 77.0 Å². The Morgan fingerprint density at radius 2 is 0.439 bits per heavy atom. The molecule has 482 valence electrons. The van der Waals surface area contributed by atoms with Crippen molar-refractivity contribution >= 4 is 17.9 Å². The van der Waals surface area contributed by atoms with Crippen LogP contribution in [-0.4, -0.2) is 37.2 Å². The highest BCUT2D eigenvalue weighted by molar-refractivity contribution is 5.71. The van der Waals surface area contributed by atoms with E-state index in [4.69, 9.17) is 14.2 Å². The number of hydrogen-bond acceptors (Lipinski definition) is 6. The molecule has 6 heteroatoms. The summed E-state index contributed by atoms with van der Waals surface area (Å²) in [6.07, 6.45) is 88.9. The van der Waals surface area contributed by atoms with Crippen LogP contribution in [0.5, 0.6) is 0 Å². The molecule has 0 spiro atoms. The van der Waals surface area contributed by atoms with Crippen LogP contribution in [0.2, 0.25) is 0 Å². The summed E-state index contributed by atoms with van der Waals surface area (Å²) >= 11 is 0. The number of unbranched alkanes of at least 4 members (excludes halogenated alkanes) is 52. The van der Waals surface area contributed by atoms with Crippen LogP contribution in [0.15, 0.2) is 36.5 Å². The minimum absolute atomic E-state index is 0.0716. The highest BCUT2D eigenvalue weighted by Gasteiger charge is 2.19. The molecule has 0 aromatic heterocycles. The quantitative estimate of drug-likeness (QED) is 0.0261. The van der Waals surface area contributed by atoms with Crippen LogP contribution in [0.4, 0.5) is 0 Å². The lowest BCUT2D eigenvalue weighted by molar-refractivity contribution is -0.167. The number of allylic oxidation sites excluding steroid dienone is 6. The second-order valence-electron chi connectivity index (χ2n) is 25.2. The molecule has 0 rings (SSSR count). The first-order chi connectivity index (χ1) is 40.5. The number of carbonyl (C=O) groups is 3. The highest BCUT2D eigenvalue weighted by Crippen LogP contribution is 2.19. The Labute approximate surface area is 512 Å². The highest BCUT2D eigenvalue weighted by atomic mass is 16.6. The number of ether oxygens (including phenoxy) is 3. The molecule has 0 aliphatic heterocycles. The lowest BCUT2D eigenvalue weighted by Gasteiger charge is -2.18. The predicted molar refractivity (Wildman–Crippen MR) is 358 cm³/mol. The topological polar surface area (TPSA) is 78.9 Å². The van der Waals surface area contributed by atoms with Crippen molar-refractivity contribution in [3.63, 3.8) is 0 Å². The summed E-state index contributed by atoms with van der Waals surface area (Å²) in [6, 6.07) is 0. The molecule has 0 bridgehead atoms. The molecule has 0 radical (unpaired) electrons. The first-order valence-corrected chi connectivity index (χ1v) is 37.0. The molecular weight excluding hydrogens is 1010 g/mol. The van der Waals surface area contributed by atoms with Crippen LogP contribution in [0.3, 0.4) is 0 Å². The Balaban J connectivity index is 4.29. The molecule has 0 aromatic carbocycles. The molecule has 0 fully saturated rings. The molecule has 1 atom stereocenters. The van der Waals surface area contributed by atoms with Crippen LogP contribution in [-0.2, 0) is 28.6 Å². The Hall–Kier alpha value is -2.37. The van der Waals surface area contributed by atoms with Crippen LogP contribution < -0.4 is 0 Å². The van der Waals surface area contributed by atoms with Gasteiger partial charge in [-0.15, -0.1) is 0 Å². The van der Waals surface area contributed by atoms with E-state index in [2.05, 4.69) is 57.2 Å². The van der Waals surface area contributed by atoms with Gasteiger partial charge in [0.05, 0.1) is 0 Å². The number of hydrogen-bond donors (Lipinski definition) is 0. The number of carbonyl (C=O) groups excluding carboxylic acids is 3. The van der Waals surface area contributed by atoms with Crippen molar-refractivity contribution in [1.82, 2.24) is 0 Å². The molecule has 0 aliphatic rings. The van der Waals surface area contributed by atoms with Crippen LogP contribution >= 0.6 is 0 Å². The molecule has 0 heterocycles. The van der Waals surface area contributed by atoms with Gasteiger partial charge in [0.1, 0.15) is 13.2 Å². The molecule has 82 heavy (non-hydrogen) atoms. The summed E-state index contributed by atoms with van der Waals surface area (Å²) < 4.78 is 17.0. The number of esters is 3. The van der Waals surface area contributed by atoms with Gasteiger partial charge in [0.25, 0.3) is 0 Å². The second-order valence-corrected chi connectivity index (χ2v) is 25.2. The second kappa shape index (κ2) is 71.1. The van der Waals surface area contributed by atoms with Crippen molar-refractivity contribution in [2.24, 2.45) is 0 Å². The maximum atomic E-state index is 13.0. The van der Waals surface area contributed by atoms with E-state index in [1.54, 1.807) is 0 Å². The standard InChI is InChI=1S/C76H142O6/c1-4-7-10-13-16-19-22-25-28-31-33-35-36-37-38-39-41-42-45-48-51-54-57-60-63-66-69-75(78)81-72-73(71-80-74(77)68-65-62-59-56-53-50-47-44-30-27-24-21-18-15-12-9-6-3)82-76(79)70-67-64-61-58-55-52-49-46-43-40-34-32-29-26-23-20-17-14-11-8-5-2/h23,26,32,34,43,46,73H,4-22,24-25,27-31,33,35-42,44-45,47-72H2,1-3H3/b26-23-,34-32-,46-43-. The van der Waals surface area contributed by atoms with Gasteiger partial charge in [-0.25, -0.2) is 0 Å². The molecule has 1 unspecified atom stereocenters. The summed E-state index contributed by atoms with van der Waals surface area (Å²) in [5.41, 5.74) is 0. The first-order valence-electron chi connectivity index (χ1n) is 37.0. The molecule has 0 N–H and O–H groups in total. The Bertz CT molecular complexity index is 1370. The Kier molecular flexibility index (Phi) is 69.1. The third-order valence-electron chi connectivity index (χ3n) is 16.9. The molecular formula is C76H142O6. The van der Waals surface area contributed by atoms with E-state index >= 15 is 0 Å². The summed E-state index contributed by atoms with van der Waals surface area (Å²) in [4.78, 5) is 38.5. The van der Waals surface area contributed by atoms with Crippen molar-refractivity contribution in [3.05, 3.63) is 36.5 Å². The summed E-state index contributed by atoms with van der Waals surface area (Å²) in [6.45, 7) is 6.71. The fourth-order valence-electron chi connectivity index (χ4n) is 11.3. The van der Waals surface area contributed by atoms with E-state index in [1.165, 1.54) is 295 Å². The van der Waals surface area contributed by atoms with Crippen molar-refractivity contribution < 1.29 is 28.6 Å². The maximum absolute atomic E-state index is 13.0. The van der Waals surface area contributed by atoms with Crippen molar-refractivity contribution in [1.29, 1.82) is 0 Å². The van der Waals surface area contributed by atoms with E-state index in [-0.39, 0.29) is 31.1 Å². The lowest BCUT2D eigenvalue weighted by Crippen LogP contribution is -2.30. The largest absolute Gasteiger partial charge is 0.462 e. The van der Waals surface area contributed by atoms with E-state index in [9.17, 15) is 14.4 Å². The van der Waals surface area contributed by atoms with Gasteiger partial charge in [0.15, 0.2) is 6.10 Å². The van der Waals surface area contributed by atoms with Gasteiger partial charge in [-0.05, 0) is 57.8 Å². The molecule has 0 aromatic rings. The smallest absolute Gasteiger partial charge is 0.306 e. The summed E-state index contributed by atoms with van der Waals surface area (Å²) in [5.74, 6) is -0.850. The maximum Gasteiger partial charge on any atom is 0.306 e. The van der Waals surface area contributed by atoms with Crippen LogP contribution in [0.25, 0.3) is 0 Å². The average Bonchev–Trinajstić information content (AvgIpc) is 3.47. The normalized spacial score (nSPS) is 12.2. The third kappa shape index (κ3) is 68.4. The van der Waals surface area contributed by atoms with Crippen LogP contribution in [0.1, 0.15) is 412 Å². The van der Waals surface area contributed by atoms with Gasteiger partial charge < -0.3 is 14.2 Å². The molecule has 0 amide bonds. The molecule has 6 nitrogen and oxygen atoms in total. The molecule has 0 saturated heterocycles. The first kappa shape index (κ1) is 79.6. The van der Waals surface area contributed by atoms with E-state index < -0.39 is 6.10 Å². The SMILES string of the molecule is CCCCCCC/C=C\C/C=C\C/C=C\CCCCCCCCC(=O)OC(COC(=O)CCCCCCCCCCCCCCCCCCC)COC(=O)CCCCCCCCCCCCCCCCCCCCCCCCCCCC. The predicted octanol–water partition coefficient (Wildman–Crippen LogP) is 25.5. The van der Waals surface area contributed by atoms with Crippen molar-refractivity contribution in [2.75, 3.05) is 13.2 Å². The van der Waals surface area contributed by atoms with Gasteiger partial charge in [-0.3, -0.25) is 14.4 Å². The monoisotopic (exact) mass is 1150 g/mol. The third-order valence-corrected chi connectivity index (χ3v) is 16.9. The van der Waals surface area contributed by atoms with Crippen molar-refractivity contribution in [2.45, 2.75) is 419 Å². The van der Waals surface area contributed by atoms with Crippen LogP contribution in [0, 0.1) is 0 Å². The lowest BCUT2D eigenvalue weighted by atomic mass is 10.0. The summed E-state index contributed by atoms with van der Waals surface area (Å²) in [5, 5.41) is 0. The Morgan fingerprint density at radius 3 is 0.683 bits per heavy atom. The minimum Gasteiger partial charge on any atom is -0.462 e. The molecule has 0 aliphatic carbocycles. The number of rotatable bonds is 69. The zero-order valence-electron chi connectivity index (χ0n) is 55.5.